The predicted molar refractivity (Wildman–Crippen MR) is 75.4 cm³/mol. The number of benzene rings is 1. The second kappa shape index (κ2) is 4.97. The van der Waals surface area contributed by atoms with Gasteiger partial charge >= 0.3 is 0 Å². The average Bonchev–Trinajstić information content (AvgIpc) is 3.29. The summed E-state index contributed by atoms with van der Waals surface area (Å²) in [6.45, 7) is 1.37. The van der Waals surface area contributed by atoms with Gasteiger partial charge < -0.3 is 11.1 Å². The molecule has 0 atom stereocenters. The first-order valence-corrected chi connectivity index (χ1v) is 7.27. The minimum Gasteiger partial charge on any atom is -0.355 e. The minimum absolute atomic E-state index is 0.132. The zero-order valence-corrected chi connectivity index (χ0v) is 11.3. The van der Waals surface area contributed by atoms with E-state index in [4.69, 9.17) is 5.73 Å². The van der Waals surface area contributed by atoms with E-state index in [2.05, 4.69) is 5.32 Å². The molecule has 0 bridgehead atoms. The summed E-state index contributed by atoms with van der Waals surface area (Å²) in [7, 11) is 0. The van der Waals surface area contributed by atoms with E-state index in [-0.39, 0.29) is 5.91 Å². The first-order valence-electron chi connectivity index (χ1n) is 7.27. The van der Waals surface area contributed by atoms with E-state index < -0.39 is 0 Å². The fourth-order valence-corrected chi connectivity index (χ4v) is 3.02. The Kier molecular flexibility index (Phi) is 3.31. The lowest BCUT2D eigenvalue weighted by molar-refractivity contribution is -0.120. The number of nitrogens with two attached hydrogens (primary N) is 1. The molecule has 2 fully saturated rings. The Hall–Kier alpha value is -1.35. The Bertz CT molecular complexity index is 475. The lowest BCUT2D eigenvalue weighted by Gasteiger charge is -2.15. The van der Waals surface area contributed by atoms with E-state index in [9.17, 15) is 4.79 Å². The fraction of sp³-hybridized carbons (Fsp3) is 0.562. The summed E-state index contributed by atoms with van der Waals surface area (Å²) in [4.78, 5) is 12.0. The highest BCUT2D eigenvalue weighted by Gasteiger charge is 2.53. The molecule has 2 saturated carbocycles. The summed E-state index contributed by atoms with van der Waals surface area (Å²) in [6.07, 6.45) is 5.79. The Morgan fingerprint density at radius 3 is 2.53 bits per heavy atom. The number of hydrogen-bond donors (Lipinski definition) is 2. The van der Waals surface area contributed by atoms with Gasteiger partial charge in [-0.3, -0.25) is 4.79 Å². The Morgan fingerprint density at radius 2 is 1.95 bits per heavy atom. The maximum absolute atomic E-state index is 12.0. The molecule has 0 radical (unpaired) electrons. The van der Waals surface area contributed by atoms with Gasteiger partial charge in [0.25, 0.3) is 0 Å². The van der Waals surface area contributed by atoms with Crippen LogP contribution < -0.4 is 11.1 Å². The van der Waals surface area contributed by atoms with Crippen molar-refractivity contribution in [1.29, 1.82) is 0 Å². The van der Waals surface area contributed by atoms with Crippen LogP contribution in [-0.2, 0) is 17.8 Å². The third kappa shape index (κ3) is 2.81. The molecule has 0 saturated heterocycles. The van der Waals surface area contributed by atoms with Crippen molar-refractivity contribution >= 4 is 5.91 Å². The summed E-state index contributed by atoms with van der Waals surface area (Å²) in [6, 6.07) is 7.93. The fourth-order valence-electron chi connectivity index (χ4n) is 3.02. The van der Waals surface area contributed by atoms with Crippen LogP contribution in [0.5, 0.6) is 0 Å². The van der Waals surface area contributed by atoms with Crippen LogP contribution in [0.4, 0.5) is 0 Å². The Labute approximate surface area is 114 Å². The second-order valence-corrected chi connectivity index (χ2v) is 6.06. The van der Waals surface area contributed by atoms with Crippen LogP contribution >= 0.6 is 0 Å². The molecule has 0 spiro atoms. The standard InChI is InChI=1S/C16H22N2O/c17-10-13-4-2-1-3-12(13)9-15(19)18-11-16(7-8-16)14-5-6-14/h1-4,14H,5-11,17H2,(H,18,19). The van der Waals surface area contributed by atoms with Crippen LogP contribution in [0.2, 0.25) is 0 Å². The Balaban J connectivity index is 1.53. The van der Waals surface area contributed by atoms with Crippen LogP contribution in [0.3, 0.4) is 0 Å². The zero-order chi connectivity index (χ0) is 13.3. The van der Waals surface area contributed by atoms with Crippen molar-refractivity contribution in [2.45, 2.75) is 38.6 Å². The van der Waals surface area contributed by atoms with Crippen molar-refractivity contribution in [3.05, 3.63) is 35.4 Å². The third-order valence-corrected chi connectivity index (χ3v) is 4.66. The first-order chi connectivity index (χ1) is 9.23. The second-order valence-electron chi connectivity index (χ2n) is 6.06. The number of carbonyl (C=O) groups is 1. The highest BCUT2D eigenvalue weighted by Crippen LogP contribution is 2.60. The maximum Gasteiger partial charge on any atom is 0.224 e. The molecule has 19 heavy (non-hydrogen) atoms. The lowest BCUT2D eigenvalue weighted by atomic mass is 10.00. The van der Waals surface area contributed by atoms with Gasteiger partial charge in [-0.05, 0) is 48.1 Å². The summed E-state index contributed by atoms with van der Waals surface area (Å²) in [5, 5.41) is 3.13. The molecule has 0 aromatic heterocycles. The lowest BCUT2D eigenvalue weighted by Crippen LogP contribution is -2.32. The first kappa shape index (κ1) is 12.7. The van der Waals surface area contributed by atoms with Crippen LogP contribution in [0.25, 0.3) is 0 Å². The summed E-state index contributed by atoms with van der Waals surface area (Å²) < 4.78 is 0. The molecule has 0 aliphatic heterocycles. The van der Waals surface area contributed by atoms with Gasteiger partial charge in [0.05, 0.1) is 6.42 Å². The highest BCUT2D eigenvalue weighted by molar-refractivity contribution is 5.79. The van der Waals surface area contributed by atoms with Crippen molar-refractivity contribution in [1.82, 2.24) is 5.32 Å². The molecule has 102 valence electrons. The minimum atomic E-state index is 0.132. The van der Waals surface area contributed by atoms with E-state index in [0.717, 1.165) is 23.6 Å². The summed E-state index contributed by atoms with van der Waals surface area (Å²) in [5.74, 6) is 1.02. The van der Waals surface area contributed by atoms with Crippen molar-refractivity contribution in [3.63, 3.8) is 0 Å². The number of carbonyl (C=O) groups excluding carboxylic acids is 1. The van der Waals surface area contributed by atoms with Crippen molar-refractivity contribution < 1.29 is 4.79 Å². The summed E-state index contributed by atoms with van der Waals surface area (Å²) >= 11 is 0. The predicted octanol–water partition coefficient (Wildman–Crippen LogP) is 1.99. The Morgan fingerprint density at radius 1 is 1.26 bits per heavy atom. The number of nitrogens with one attached hydrogen (secondary N) is 1. The SMILES string of the molecule is NCc1ccccc1CC(=O)NCC1(C2CC2)CC1. The van der Waals surface area contributed by atoms with Gasteiger partial charge in [0.15, 0.2) is 0 Å². The van der Waals surface area contributed by atoms with Crippen LogP contribution in [0, 0.1) is 11.3 Å². The molecule has 0 heterocycles. The largest absolute Gasteiger partial charge is 0.355 e. The maximum atomic E-state index is 12.0. The van der Waals surface area contributed by atoms with E-state index >= 15 is 0 Å². The van der Waals surface area contributed by atoms with Gasteiger partial charge in [0.2, 0.25) is 5.91 Å². The van der Waals surface area contributed by atoms with Gasteiger partial charge in [0.1, 0.15) is 0 Å². The normalized spacial score (nSPS) is 20.1. The molecule has 3 heteroatoms. The highest BCUT2D eigenvalue weighted by atomic mass is 16.1. The number of rotatable bonds is 6. The van der Waals surface area contributed by atoms with Crippen LogP contribution in [0.15, 0.2) is 24.3 Å². The summed E-state index contributed by atoms with van der Waals surface area (Å²) in [5.41, 5.74) is 8.30. The molecule has 2 aliphatic rings. The zero-order valence-electron chi connectivity index (χ0n) is 11.3. The van der Waals surface area contributed by atoms with Crippen molar-refractivity contribution in [3.8, 4) is 0 Å². The average molecular weight is 258 g/mol. The van der Waals surface area contributed by atoms with Gasteiger partial charge in [-0.15, -0.1) is 0 Å². The quantitative estimate of drug-likeness (QED) is 0.820. The van der Waals surface area contributed by atoms with E-state index in [1.54, 1.807) is 0 Å². The van der Waals surface area contributed by atoms with E-state index in [1.807, 2.05) is 24.3 Å². The monoisotopic (exact) mass is 258 g/mol. The molecule has 3 N–H and O–H groups in total. The van der Waals surface area contributed by atoms with E-state index in [0.29, 0.717) is 18.4 Å². The molecule has 1 aromatic rings. The van der Waals surface area contributed by atoms with E-state index in [1.165, 1.54) is 25.7 Å². The molecular formula is C16H22N2O. The number of hydrogen-bond acceptors (Lipinski definition) is 2. The van der Waals surface area contributed by atoms with Gasteiger partial charge in [0, 0.05) is 13.1 Å². The molecule has 3 rings (SSSR count). The number of amides is 1. The van der Waals surface area contributed by atoms with Crippen LogP contribution in [0.1, 0.15) is 36.8 Å². The topological polar surface area (TPSA) is 55.1 Å². The van der Waals surface area contributed by atoms with Crippen molar-refractivity contribution in [2.24, 2.45) is 17.1 Å². The smallest absolute Gasteiger partial charge is 0.224 e. The van der Waals surface area contributed by atoms with Crippen LogP contribution in [-0.4, -0.2) is 12.5 Å². The molecule has 1 amide bonds. The van der Waals surface area contributed by atoms with Crippen molar-refractivity contribution in [2.75, 3.05) is 6.54 Å². The molecule has 1 aromatic carbocycles. The molecule has 0 unspecified atom stereocenters. The molecule has 3 nitrogen and oxygen atoms in total. The third-order valence-electron chi connectivity index (χ3n) is 4.66. The molecular weight excluding hydrogens is 236 g/mol. The van der Waals surface area contributed by atoms with Gasteiger partial charge in [-0.1, -0.05) is 24.3 Å². The van der Waals surface area contributed by atoms with Gasteiger partial charge in [-0.2, -0.15) is 0 Å². The van der Waals surface area contributed by atoms with Gasteiger partial charge in [-0.25, -0.2) is 0 Å². The molecule has 2 aliphatic carbocycles.